The van der Waals surface area contributed by atoms with E-state index in [4.69, 9.17) is 11.6 Å². The highest BCUT2D eigenvalue weighted by atomic mass is 35.5. The van der Waals surface area contributed by atoms with Crippen LogP contribution in [0.5, 0.6) is 0 Å². The fraction of sp³-hybridized carbons (Fsp3) is 0.545. The smallest absolute Gasteiger partial charge is 0.345 e. The molecule has 8 nitrogen and oxygen atoms in total. The van der Waals surface area contributed by atoms with Crippen LogP contribution in [0.2, 0.25) is 5.02 Å². The number of rotatable bonds is 9. The molecule has 1 aliphatic heterocycles. The van der Waals surface area contributed by atoms with Gasteiger partial charge in [0, 0.05) is 36.6 Å². The average Bonchev–Trinajstić information content (AvgIpc) is 3.06. The third kappa shape index (κ3) is 6.19. The summed E-state index contributed by atoms with van der Waals surface area (Å²) in [6.45, 7) is 5.59. The zero-order valence-corrected chi connectivity index (χ0v) is 18.8. The van der Waals surface area contributed by atoms with Crippen molar-refractivity contribution in [1.82, 2.24) is 25.0 Å². The molecule has 2 aromatic rings. The van der Waals surface area contributed by atoms with Gasteiger partial charge in [-0.3, -0.25) is 14.2 Å². The van der Waals surface area contributed by atoms with Crippen molar-refractivity contribution >= 4 is 23.4 Å². The molecule has 1 aliphatic rings. The van der Waals surface area contributed by atoms with Crippen LogP contribution in [0.25, 0.3) is 0 Å². The zero-order chi connectivity index (χ0) is 22.4. The van der Waals surface area contributed by atoms with Crippen LogP contribution in [0.4, 0.5) is 0 Å². The van der Waals surface area contributed by atoms with Crippen molar-refractivity contribution in [3.8, 4) is 0 Å². The average molecular weight is 448 g/mol. The normalized spacial score (nSPS) is 14.2. The fourth-order valence-corrected chi connectivity index (χ4v) is 3.83. The Morgan fingerprint density at radius 1 is 1.19 bits per heavy atom. The molecular weight excluding hydrogens is 418 g/mol. The first-order valence-corrected chi connectivity index (χ1v) is 11.2. The Balaban J connectivity index is 1.52. The third-order valence-electron chi connectivity index (χ3n) is 5.31. The molecule has 1 aromatic carbocycles. The van der Waals surface area contributed by atoms with Gasteiger partial charge in [0.2, 0.25) is 5.91 Å². The van der Waals surface area contributed by atoms with Crippen LogP contribution in [0.3, 0.4) is 0 Å². The minimum atomic E-state index is -0.633. The van der Waals surface area contributed by atoms with Gasteiger partial charge in [-0.05, 0) is 55.9 Å². The van der Waals surface area contributed by atoms with Gasteiger partial charge < -0.3 is 10.6 Å². The Morgan fingerprint density at radius 2 is 1.94 bits per heavy atom. The lowest BCUT2D eigenvalue weighted by molar-refractivity contribution is -0.123. The number of carbonyl (C=O) groups is 2. The molecule has 3 rings (SSSR count). The lowest BCUT2D eigenvalue weighted by Crippen LogP contribution is -2.47. The molecule has 2 heterocycles. The van der Waals surface area contributed by atoms with Crippen molar-refractivity contribution in [1.29, 1.82) is 0 Å². The topological polar surface area (TPSA) is 98.0 Å². The molecule has 31 heavy (non-hydrogen) atoms. The summed E-state index contributed by atoms with van der Waals surface area (Å²) < 4.78 is 3.23. The molecule has 1 unspecified atom stereocenters. The van der Waals surface area contributed by atoms with E-state index in [-0.39, 0.29) is 23.4 Å². The monoisotopic (exact) mass is 447 g/mol. The molecule has 9 heteroatoms. The van der Waals surface area contributed by atoms with E-state index < -0.39 is 6.04 Å². The van der Waals surface area contributed by atoms with E-state index in [9.17, 15) is 14.4 Å². The molecule has 0 saturated heterocycles. The number of hydrogen-bond donors (Lipinski definition) is 2. The Kier molecular flexibility index (Phi) is 7.90. The summed E-state index contributed by atoms with van der Waals surface area (Å²) in [5.74, 6) is 0.541. The number of nitrogens with zero attached hydrogens (tertiary/aromatic N) is 3. The summed E-state index contributed by atoms with van der Waals surface area (Å²) in [5.41, 5.74) is 0.378. The summed E-state index contributed by atoms with van der Waals surface area (Å²) in [4.78, 5) is 37.6. The number of aromatic nitrogens is 3. The molecule has 168 valence electrons. The van der Waals surface area contributed by atoms with E-state index in [1.165, 1.54) is 4.68 Å². The number of halogens is 1. The third-order valence-corrected chi connectivity index (χ3v) is 5.56. The zero-order valence-electron chi connectivity index (χ0n) is 18.1. The fourth-order valence-electron chi connectivity index (χ4n) is 3.70. The van der Waals surface area contributed by atoms with Gasteiger partial charge in [0.05, 0.1) is 0 Å². The minimum Gasteiger partial charge on any atom is -0.354 e. The second kappa shape index (κ2) is 10.6. The number of carbonyl (C=O) groups excluding carboxylic acids is 2. The van der Waals surface area contributed by atoms with Gasteiger partial charge in [-0.25, -0.2) is 9.48 Å². The van der Waals surface area contributed by atoms with Crippen LogP contribution in [-0.4, -0.2) is 38.7 Å². The summed E-state index contributed by atoms with van der Waals surface area (Å²) in [6.07, 6.45) is 4.02. The Morgan fingerprint density at radius 3 is 2.61 bits per heavy atom. The number of amides is 2. The lowest BCUT2D eigenvalue weighted by atomic mass is 10.0. The number of nitrogens with one attached hydrogen (secondary N) is 2. The van der Waals surface area contributed by atoms with E-state index in [1.54, 1.807) is 28.8 Å². The van der Waals surface area contributed by atoms with Crippen LogP contribution in [0.1, 0.15) is 55.7 Å². The highest BCUT2D eigenvalue weighted by Gasteiger charge is 2.22. The van der Waals surface area contributed by atoms with Crippen molar-refractivity contribution in [2.24, 2.45) is 5.92 Å². The first-order valence-electron chi connectivity index (χ1n) is 10.9. The van der Waals surface area contributed by atoms with Crippen molar-refractivity contribution in [3.63, 3.8) is 0 Å². The summed E-state index contributed by atoms with van der Waals surface area (Å²) in [6, 6.07) is 5.91. The maximum atomic E-state index is 12.7. The van der Waals surface area contributed by atoms with Gasteiger partial charge in [0.15, 0.2) is 0 Å². The van der Waals surface area contributed by atoms with Crippen LogP contribution >= 0.6 is 11.6 Å². The van der Waals surface area contributed by atoms with Crippen molar-refractivity contribution in [2.75, 3.05) is 6.54 Å². The van der Waals surface area contributed by atoms with Gasteiger partial charge in [-0.1, -0.05) is 25.4 Å². The Labute approximate surface area is 187 Å². The van der Waals surface area contributed by atoms with Gasteiger partial charge in [0.1, 0.15) is 11.9 Å². The molecule has 0 bridgehead atoms. The van der Waals surface area contributed by atoms with E-state index in [2.05, 4.69) is 15.7 Å². The quantitative estimate of drug-likeness (QED) is 0.576. The standard InChI is InChI=1S/C22H30ClN5O3/c1-15(2)14-18(25-20(29)16-7-9-17(23)10-8-16)21(30)24-11-5-13-28-22(31)27-12-4-3-6-19(27)26-28/h7-10,15,18H,3-6,11-14H2,1-2H3,(H,24,30)(H,25,29). The molecule has 0 fully saturated rings. The second-order valence-corrected chi connectivity index (χ2v) is 8.77. The summed E-state index contributed by atoms with van der Waals surface area (Å²) in [7, 11) is 0. The first kappa shape index (κ1) is 23.1. The van der Waals surface area contributed by atoms with Crippen molar-refractivity contribution < 1.29 is 9.59 Å². The first-order chi connectivity index (χ1) is 14.8. The number of benzene rings is 1. The van der Waals surface area contributed by atoms with Gasteiger partial charge in [0.25, 0.3) is 5.91 Å². The summed E-state index contributed by atoms with van der Waals surface area (Å²) >= 11 is 5.87. The van der Waals surface area contributed by atoms with E-state index in [0.29, 0.717) is 36.5 Å². The molecular formula is C22H30ClN5O3. The SMILES string of the molecule is CC(C)CC(NC(=O)c1ccc(Cl)cc1)C(=O)NCCCn1nc2n(c1=O)CCCC2. The predicted octanol–water partition coefficient (Wildman–Crippen LogP) is 2.39. The predicted molar refractivity (Wildman–Crippen MR) is 119 cm³/mol. The lowest BCUT2D eigenvalue weighted by Gasteiger charge is -2.20. The number of fused-ring (bicyclic) bond motifs is 1. The van der Waals surface area contributed by atoms with Crippen LogP contribution < -0.4 is 16.3 Å². The maximum absolute atomic E-state index is 12.7. The highest BCUT2D eigenvalue weighted by molar-refractivity contribution is 6.30. The molecule has 2 N–H and O–H groups in total. The van der Waals surface area contributed by atoms with Crippen LogP contribution in [0.15, 0.2) is 29.1 Å². The minimum absolute atomic E-state index is 0.0751. The Bertz CT molecular complexity index is 965. The molecule has 0 aliphatic carbocycles. The molecule has 1 atom stereocenters. The number of hydrogen-bond acceptors (Lipinski definition) is 4. The molecule has 1 aromatic heterocycles. The van der Waals surface area contributed by atoms with Gasteiger partial charge in [-0.2, -0.15) is 5.10 Å². The second-order valence-electron chi connectivity index (χ2n) is 8.34. The van der Waals surface area contributed by atoms with Crippen LogP contribution in [0, 0.1) is 5.92 Å². The molecule has 0 radical (unpaired) electrons. The van der Waals surface area contributed by atoms with E-state index in [0.717, 1.165) is 31.6 Å². The number of aryl methyl sites for hydroxylation is 2. The molecule has 0 spiro atoms. The highest BCUT2D eigenvalue weighted by Crippen LogP contribution is 2.12. The van der Waals surface area contributed by atoms with E-state index in [1.807, 2.05) is 13.8 Å². The van der Waals surface area contributed by atoms with Crippen molar-refractivity contribution in [2.45, 2.75) is 65.1 Å². The van der Waals surface area contributed by atoms with E-state index >= 15 is 0 Å². The van der Waals surface area contributed by atoms with Gasteiger partial charge in [-0.15, -0.1) is 0 Å². The van der Waals surface area contributed by atoms with Crippen LogP contribution in [-0.2, 0) is 24.3 Å². The van der Waals surface area contributed by atoms with Crippen molar-refractivity contribution in [3.05, 3.63) is 51.2 Å². The summed E-state index contributed by atoms with van der Waals surface area (Å²) in [5, 5.41) is 10.7. The maximum Gasteiger partial charge on any atom is 0.345 e. The largest absolute Gasteiger partial charge is 0.354 e. The Hall–Kier alpha value is -2.61. The molecule has 2 amide bonds. The van der Waals surface area contributed by atoms with Gasteiger partial charge >= 0.3 is 5.69 Å². The molecule has 0 saturated carbocycles.